The predicted molar refractivity (Wildman–Crippen MR) is 150 cm³/mol. The molecule has 0 unspecified atom stereocenters. The summed E-state index contributed by atoms with van der Waals surface area (Å²) in [5.74, 6) is -6.54. The summed E-state index contributed by atoms with van der Waals surface area (Å²) in [7, 11) is 6.08. The number of amides is 1. The number of primary amides is 1. The average molecular weight is 578 g/mol. The average Bonchev–Trinajstić information content (AvgIpc) is 2.93. The largest absolute Gasteiger partial charge is 0.510 e. The molecule has 0 bridgehead atoms. The maximum atomic E-state index is 14.0. The summed E-state index contributed by atoms with van der Waals surface area (Å²) in [6, 6.07) is 7.22. The molecule has 0 fully saturated rings. The number of aliphatic hydroxyl groups is 3. The Kier molecular flexibility index (Phi) is 7.07. The molecule has 3 aliphatic carbocycles. The van der Waals surface area contributed by atoms with E-state index in [2.05, 4.69) is 5.16 Å². The van der Waals surface area contributed by atoms with Crippen LogP contribution in [0.5, 0.6) is 11.5 Å². The molecule has 1 amide bonds. The number of allylic oxidation sites excluding steroid dienone is 1. The molecular weight excluding hydrogens is 546 g/mol. The van der Waals surface area contributed by atoms with Crippen LogP contribution in [0.1, 0.15) is 27.9 Å². The van der Waals surface area contributed by atoms with Crippen molar-refractivity contribution in [2.45, 2.75) is 24.5 Å². The lowest BCUT2D eigenvalue weighted by atomic mass is 9.58. The van der Waals surface area contributed by atoms with Gasteiger partial charge in [0.15, 0.2) is 11.4 Å². The summed E-state index contributed by atoms with van der Waals surface area (Å²) >= 11 is 0. The Balaban J connectivity index is 1.72. The predicted octanol–water partition coefficient (Wildman–Crippen LogP) is 1.78. The third-order valence-electron chi connectivity index (χ3n) is 8.43. The number of methoxy groups -OCH3 is 1. The van der Waals surface area contributed by atoms with Crippen LogP contribution < -0.4 is 10.5 Å². The van der Waals surface area contributed by atoms with Crippen molar-refractivity contribution in [2.75, 3.05) is 28.3 Å². The Labute approximate surface area is 240 Å². The molecule has 6 N–H and O–H groups in total. The number of benzene rings is 2. The van der Waals surface area contributed by atoms with Crippen molar-refractivity contribution in [3.05, 3.63) is 69.7 Å². The van der Waals surface area contributed by atoms with Gasteiger partial charge in [0.25, 0.3) is 5.91 Å². The number of hydrogen-bond donors (Lipinski definition) is 5. The van der Waals surface area contributed by atoms with Crippen LogP contribution in [0.3, 0.4) is 0 Å². The lowest BCUT2D eigenvalue weighted by Crippen LogP contribution is -2.63. The number of phenolic OH excluding ortho intramolecular Hbond substituents is 1. The van der Waals surface area contributed by atoms with Gasteiger partial charge in [-0.2, -0.15) is 0 Å². The minimum absolute atomic E-state index is 0.0153. The van der Waals surface area contributed by atoms with Gasteiger partial charge in [-0.1, -0.05) is 11.2 Å². The number of Topliss-reactive ketones (excluding diaryl/α,β-unsaturated/α-hetero) is 2. The third-order valence-corrected chi connectivity index (χ3v) is 8.43. The van der Waals surface area contributed by atoms with Crippen molar-refractivity contribution in [1.29, 1.82) is 0 Å². The Hall–Kier alpha value is -4.68. The molecule has 2 aromatic carbocycles. The van der Waals surface area contributed by atoms with Crippen molar-refractivity contribution < 1.29 is 44.4 Å². The molecule has 12 nitrogen and oxygen atoms in total. The van der Waals surface area contributed by atoms with Gasteiger partial charge in [-0.15, -0.1) is 0 Å². The SMILES string of the molecule is CO/N=C/c1ccc(OC)c(-c2ccc(O)c3c2C[C@@H]2C[C@@H]4[C@@H](N(C)C)C(O)=C(C(N)=O)C(=O)[C@]4(O)C(O)=C2C3=O)c1. The standard InChI is InChI=1S/C30H31N3O9/c1-33(2)24-18-11-14-10-17-15(16-9-13(12-32-42-4)5-8-20(16)41-3)6-7-19(34)22(17)25(35)21(14)27(37)30(18,40)28(38)23(26(24)36)29(31)39/h5-9,12,14,18,24,34,36-37,40H,10-11H2,1-4H3,(H2,31,39)/b32-12+/t14-,18-,24-,30-/m1/s1. The van der Waals surface area contributed by atoms with E-state index < -0.39 is 58.0 Å². The molecule has 0 aliphatic heterocycles. The molecule has 2 aromatic rings. The van der Waals surface area contributed by atoms with Crippen LogP contribution in [0.2, 0.25) is 0 Å². The van der Waals surface area contributed by atoms with Gasteiger partial charge in [-0.3, -0.25) is 19.3 Å². The highest BCUT2D eigenvalue weighted by Gasteiger charge is 2.63. The van der Waals surface area contributed by atoms with Gasteiger partial charge in [0, 0.05) is 17.1 Å². The fourth-order valence-corrected chi connectivity index (χ4v) is 6.63. The molecule has 220 valence electrons. The van der Waals surface area contributed by atoms with E-state index in [0.29, 0.717) is 28.0 Å². The zero-order valence-corrected chi connectivity index (χ0v) is 23.4. The van der Waals surface area contributed by atoms with E-state index >= 15 is 0 Å². The van der Waals surface area contributed by atoms with E-state index in [-0.39, 0.29) is 29.7 Å². The van der Waals surface area contributed by atoms with E-state index in [1.54, 1.807) is 38.4 Å². The van der Waals surface area contributed by atoms with E-state index in [0.717, 1.165) is 0 Å². The first-order chi connectivity index (χ1) is 19.9. The smallest absolute Gasteiger partial charge is 0.255 e. The molecular formula is C30H31N3O9. The first-order valence-corrected chi connectivity index (χ1v) is 13.1. The summed E-state index contributed by atoms with van der Waals surface area (Å²) in [5.41, 5.74) is 3.87. The zero-order chi connectivity index (χ0) is 30.7. The van der Waals surface area contributed by atoms with Gasteiger partial charge in [0.05, 0.1) is 24.9 Å². The van der Waals surface area contributed by atoms with Crippen LogP contribution in [0.4, 0.5) is 0 Å². The number of aliphatic hydroxyl groups excluding tert-OH is 2. The van der Waals surface area contributed by atoms with Crippen LogP contribution in [-0.2, 0) is 20.8 Å². The molecule has 0 heterocycles. The van der Waals surface area contributed by atoms with Crippen LogP contribution in [-0.4, -0.2) is 89.0 Å². The molecule has 0 aromatic heterocycles. The van der Waals surface area contributed by atoms with Gasteiger partial charge >= 0.3 is 0 Å². The van der Waals surface area contributed by atoms with Crippen LogP contribution >= 0.6 is 0 Å². The van der Waals surface area contributed by atoms with Crippen molar-refractivity contribution in [1.82, 2.24) is 4.90 Å². The maximum Gasteiger partial charge on any atom is 0.255 e. The van der Waals surface area contributed by atoms with Gasteiger partial charge in [-0.05, 0) is 73.8 Å². The number of fused-ring (bicyclic) bond motifs is 3. The summed E-state index contributed by atoms with van der Waals surface area (Å²) in [6.45, 7) is 0. The zero-order valence-electron chi connectivity index (χ0n) is 23.4. The molecule has 5 rings (SSSR count). The van der Waals surface area contributed by atoms with E-state index in [1.165, 1.54) is 31.4 Å². The molecule has 0 spiro atoms. The number of aromatic hydroxyl groups is 1. The highest BCUT2D eigenvalue weighted by Crippen LogP contribution is 2.53. The molecule has 4 atom stereocenters. The van der Waals surface area contributed by atoms with Gasteiger partial charge < -0.3 is 35.7 Å². The lowest BCUT2D eigenvalue weighted by Gasteiger charge is -2.50. The highest BCUT2D eigenvalue weighted by molar-refractivity contribution is 6.25. The molecule has 0 saturated carbocycles. The Morgan fingerprint density at radius 3 is 2.45 bits per heavy atom. The number of carbonyl (C=O) groups excluding carboxylic acids is 3. The Morgan fingerprint density at radius 2 is 1.83 bits per heavy atom. The van der Waals surface area contributed by atoms with Gasteiger partial charge in [0.2, 0.25) is 5.78 Å². The number of rotatable bonds is 6. The number of nitrogens with zero attached hydrogens (tertiary/aromatic N) is 2. The van der Waals surface area contributed by atoms with Crippen molar-refractivity contribution in [3.8, 4) is 22.6 Å². The number of ether oxygens (including phenoxy) is 1. The van der Waals surface area contributed by atoms with E-state index in [9.17, 15) is 34.8 Å². The lowest BCUT2D eigenvalue weighted by molar-refractivity contribution is -0.148. The van der Waals surface area contributed by atoms with E-state index in [4.69, 9.17) is 15.3 Å². The second-order valence-corrected chi connectivity index (χ2v) is 10.8. The van der Waals surface area contributed by atoms with Gasteiger partial charge in [-0.25, -0.2) is 0 Å². The summed E-state index contributed by atoms with van der Waals surface area (Å²) in [4.78, 5) is 45.9. The quantitative estimate of drug-likeness (QED) is 0.192. The first kappa shape index (κ1) is 28.8. The van der Waals surface area contributed by atoms with Crippen LogP contribution in [0.15, 0.2) is 58.2 Å². The normalized spacial score (nSPS) is 25.4. The Bertz CT molecular complexity index is 1620. The molecule has 3 aliphatic rings. The van der Waals surface area contributed by atoms with Crippen molar-refractivity contribution in [3.63, 3.8) is 0 Å². The number of nitrogens with two attached hydrogens (primary N) is 1. The second kappa shape index (κ2) is 10.3. The fraction of sp³-hybridized carbons (Fsp3) is 0.333. The monoisotopic (exact) mass is 577 g/mol. The minimum atomic E-state index is -2.70. The number of carbonyl (C=O) groups is 3. The van der Waals surface area contributed by atoms with Crippen molar-refractivity contribution in [2.24, 2.45) is 22.7 Å². The number of ketones is 2. The molecule has 12 heteroatoms. The molecule has 42 heavy (non-hydrogen) atoms. The van der Waals surface area contributed by atoms with Crippen LogP contribution in [0.25, 0.3) is 11.1 Å². The van der Waals surface area contributed by atoms with Crippen molar-refractivity contribution >= 4 is 23.7 Å². The number of hydrogen-bond acceptors (Lipinski definition) is 11. The van der Waals surface area contributed by atoms with Crippen LogP contribution in [0, 0.1) is 11.8 Å². The number of likely N-dealkylation sites (N-methyl/N-ethyl adjacent to an activating group) is 1. The third kappa shape index (κ3) is 4.05. The minimum Gasteiger partial charge on any atom is -0.510 e. The fourth-order valence-electron chi connectivity index (χ4n) is 6.63. The maximum absolute atomic E-state index is 14.0. The second-order valence-electron chi connectivity index (χ2n) is 10.8. The summed E-state index contributed by atoms with van der Waals surface area (Å²) in [6.07, 6.45) is 1.62. The number of phenols is 1. The highest BCUT2D eigenvalue weighted by atomic mass is 16.6. The number of oxime groups is 1. The summed E-state index contributed by atoms with van der Waals surface area (Å²) < 4.78 is 5.59. The van der Waals surface area contributed by atoms with E-state index in [1.807, 2.05) is 0 Å². The first-order valence-electron chi connectivity index (χ1n) is 13.1. The topological polar surface area (TPSA) is 192 Å². The Morgan fingerprint density at radius 1 is 1.12 bits per heavy atom. The summed E-state index contributed by atoms with van der Waals surface area (Å²) in [5, 5.41) is 48.8. The molecule has 0 saturated heterocycles. The molecule has 0 radical (unpaired) electrons. The van der Waals surface area contributed by atoms with Gasteiger partial charge in [0.1, 0.15) is 35.7 Å².